The van der Waals surface area contributed by atoms with Crippen molar-refractivity contribution in [2.75, 3.05) is 13.2 Å². The Morgan fingerprint density at radius 1 is 1.14 bits per heavy atom. The molecular formula is C19H17BrN8+2. The van der Waals surface area contributed by atoms with Crippen molar-refractivity contribution < 1.29 is 10.3 Å². The van der Waals surface area contributed by atoms with Crippen LogP contribution in [0.1, 0.15) is 5.56 Å². The van der Waals surface area contributed by atoms with Crippen molar-refractivity contribution in [3.63, 3.8) is 0 Å². The summed E-state index contributed by atoms with van der Waals surface area (Å²) in [6.45, 7) is 1.65. The van der Waals surface area contributed by atoms with Crippen LogP contribution in [-0.4, -0.2) is 43.9 Å². The lowest BCUT2D eigenvalue weighted by Crippen LogP contribution is -2.72. The second-order valence-corrected chi connectivity index (χ2v) is 7.36. The summed E-state index contributed by atoms with van der Waals surface area (Å²) in [5.74, 6) is 0.616. The smallest absolute Gasteiger partial charge is 0.252 e. The lowest BCUT2D eigenvalue weighted by Gasteiger charge is -2.03. The third-order valence-corrected chi connectivity index (χ3v) is 5.02. The van der Waals surface area contributed by atoms with E-state index in [4.69, 9.17) is 0 Å². The highest BCUT2D eigenvalue weighted by Crippen LogP contribution is 2.18. The number of hydrogen-bond donors (Lipinski definition) is 3. The molecule has 1 aliphatic rings. The SMILES string of the molecule is Brc1cccc(-n2nnc3cnc([NH2+]c4cccc(C5=[NH+]CNC5)c4)nc32)c1. The molecule has 138 valence electrons. The maximum Gasteiger partial charge on any atom is 0.332 e. The lowest BCUT2D eigenvalue weighted by atomic mass is 10.1. The predicted octanol–water partition coefficient (Wildman–Crippen LogP) is -0.0700. The van der Waals surface area contributed by atoms with Crippen LogP contribution in [0.4, 0.5) is 11.6 Å². The van der Waals surface area contributed by atoms with Crippen LogP contribution in [0.2, 0.25) is 0 Å². The Morgan fingerprint density at radius 3 is 2.93 bits per heavy atom. The second kappa shape index (κ2) is 7.19. The first-order chi connectivity index (χ1) is 13.8. The molecule has 2 aromatic carbocycles. The van der Waals surface area contributed by atoms with Gasteiger partial charge in [0, 0.05) is 16.1 Å². The Kier molecular flexibility index (Phi) is 4.40. The zero-order valence-electron chi connectivity index (χ0n) is 14.8. The first-order valence-electron chi connectivity index (χ1n) is 8.86. The molecule has 2 aromatic heterocycles. The third-order valence-electron chi connectivity index (χ3n) is 4.52. The van der Waals surface area contributed by atoms with E-state index in [-0.39, 0.29) is 0 Å². The van der Waals surface area contributed by atoms with Crippen molar-refractivity contribution in [1.29, 1.82) is 0 Å². The summed E-state index contributed by atoms with van der Waals surface area (Å²) in [6, 6.07) is 16.2. The molecule has 28 heavy (non-hydrogen) atoms. The molecule has 0 saturated heterocycles. The van der Waals surface area contributed by atoms with E-state index in [0.717, 1.165) is 29.1 Å². The van der Waals surface area contributed by atoms with E-state index in [1.807, 2.05) is 41.7 Å². The number of hydrogen-bond acceptors (Lipinski definition) is 5. The van der Waals surface area contributed by atoms with Crippen LogP contribution < -0.4 is 15.6 Å². The van der Waals surface area contributed by atoms with Gasteiger partial charge in [0.15, 0.2) is 23.5 Å². The van der Waals surface area contributed by atoms with E-state index in [0.29, 0.717) is 17.1 Å². The first kappa shape index (κ1) is 17.1. The number of aromatic nitrogens is 5. The van der Waals surface area contributed by atoms with Gasteiger partial charge in [-0.15, -0.1) is 5.10 Å². The van der Waals surface area contributed by atoms with Crippen LogP contribution in [0.15, 0.2) is 59.2 Å². The zero-order valence-corrected chi connectivity index (χ0v) is 16.4. The number of fused-ring (bicyclic) bond motifs is 1. The summed E-state index contributed by atoms with van der Waals surface area (Å²) in [5.41, 5.74) is 5.62. The minimum atomic E-state index is 0.616. The van der Waals surface area contributed by atoms with E-state index < -0.39 is 0 Å². The average Bonchev–Trinajstić information content (AvgIpc) is 3.38. The monoisotopic (exact) mass is 436 g/mol. The number of benzene rings is 2. The highest BCUT2D eigenvalue weighted by atomic mass is 79.9. The Hall–Kier alpha value is -3.01. The molecule has 0 unspecified atom stereocenters. The van der Waals surface area contributed by atoms with E-state index in [1.54, 1.807) is 10.9 Å². The van der Waals surface area contributed by atoms with Crippen LogP contribution in [-0.2, 0) is 0 Å². The number of nitrogens with two attached hydrogens (primary N) is 1. The summed E-state index contributed by atoms with van der Waals surface area (Å²) < 4.78 is 2.69. The van der Waals surface area contributed by atoms with Crippen molar-refractivity contribution in [1.82, 2.24) is 30.3 Å². The summed E-state index contributed by atoms with van der Waals surface area (Å²) in [4.78, 5) is 12.5. The topological polar surface area (TPSA) is 99.1 Å². The summed E-state index contributed by atoms with van der Waals surface area (Å²) in [5, 5.41) is 13.7. The summed E-state index contributed by atoms with van der Waals surface area (Å²) in [6.07, 6.45) is 1.71. The largest absolute Gasteiger partial charge is 0.332 e. The van der Waals surface area contributed by atoms with Gasteiger partial charge in [0.1, 0.15) is 5.69 Å². The molecule has 0 fully saturated rings. The fraction of sp³-hybridized carbons (Fsp3) is 0.105. The first-order valence-corrected chi connectivity index (χ1v) is 9.65. The maximum atomic E-state index is 4.68. The molecule has 0 saturated carbocycles. The van der Waals surface area contributed by atoms with Crippen LogP contribution in [0.3, 0.4) is 0 Å². The van der Waals surface area contributed by atoms with Gasteiger partial charge in [-0.1, -0.05) is 33.3 Å². The molecule has 0 aliphatic carbocycles. The summed E-state index contributed by atoms with van der Waals surface area (Å²) >= 11 is 3.49. The van der Waals surface area contributed by atoms with Crippen LogP contribution in [0.5, 0.6) is 0 Å². The third kappa shape index (κ3) is 3.31. The molecule has 0 amide bonds. The molecule has 0 radical (unpaired) electrons. The lowest BCUT2D eigenvalue weighted by molar-refractivity contribution is -0.487. The Balaban J connectivity index is 1.49. The molecule has 4 aromatic rings. The van der Waals surface area contributed by atoms with Gasteiger partial charge in [-0.3, -0.25) is 5.32 Å². The Bertz CT molecular complexity index is 1200. The molecule has 0 atom stereocenters. The fourth-order valence-corrected chi connectivity index (χ4v) is 3.57. The van der Waals surface area contributed by atoms with E-state index in [2.05, 4.69) is 58.7 Å². The Labute approximate surface area is 168 Å². The van der Waals surface area contributed by atoms with Crippen LogP contribution in [0, 0.1) is 0 Å². The molecule has 0 bridgehead atoms. The van der Waals surface area contributed by atoms with Gasteiger partial charge in [-0.05, 0) is 30.3 Å². The maximum absolute atomic E-state index is 4.68. The van der Waals surface area contributed by atoms with Gasteiger partial charge in [0.05, 0.1) is 18.4 Å². The highest BCUT2D eigenvalue weighted by Gasteiger charge is 2.17. The predicted molar refractivity (Wildman–Crippen MR) is 108 cm³/mol. The van der Waals surface area contributed by atoms with Crippen LogP contribution in [0.25, 0.3) is 16.9 Å². The molecule has 1 aliphatic heterocycles. The van der Waals surface area contributed by atoms with E-state index >= 15 is 0 Å². The second-order valence-electron chi connectivity index (χ2n) is 6.45. The fourth-order valence-electron chi connectivity index (χ4n) is 3.18. The molecule has 0 spiro atoms. The number of nitrogens with one attached hydrogen (secondary N) is 2. The van der Waals surface area contributed by atoms with Gasteiger partial charge in [-0.2, -0.15) is 14.6 Å². The van der Waals surface area contributed by atoms with Gasteiger partial charge in [0.2, 0.25) is 0 Å². The molecule has 3 heterocycles. The van der Waals surface area contributed by atoms with Crippen molar-refractivity contribution >= 4 is 44.4 Å². The Morgan fingerprint density at radius 2 is 2.07 bits per heavy atom. The van der Waals surface area contributed by atoms with Gasteiger partial charge < -0.3 is 0 Å². The van der Waals surface area contributed by atoms with Gasteiger partial charge in [0.25, 0.3) is 0 Å². The molecule has 9 heteroatoms. The highest BCUT2D eigenvalue weighted by molar-refractivity contribution is 9.10. The normalized spacial score (nSPS) is 13.8. The number of quaternary nitrogens is 1. The van der Waals surface area contributed by atoms with E-state index in [9.17, 15) is 0 Å². The molecular weight excluding hydrogens is 420 g/mol. The number of rotatable bonds is 4. The number of halogens is 1. The minimum Gasteiger partial charge on any atom is -0.252 e. The number of nitrogens with zero attached hydrogens (tertiary/aromatic N) is 5. The summed E-state index contributed by atoms with van der Waals surface area (Å²) in [7, 11) is 0. The standard InChI is InChI=1S/C19H15BrN8/c20-13-4-2-6-15(8-13)28-18-17(26-27-28)10-22-19(25-18)24-14-5-1-3-12(7-14)16-9-21-11-23-16/h1-8,10,21H,9,11H2,(H,22,24,25)/p+2. The molecule has 8 nitrogen and oxygen atoms in total. The zero-order chi connectivity index (χ0) is 18.9. The average molecular weight is 437 g/mol. The van der Waals surface area contributed by atoms with Gasteiger partial charge >= 0.3 is 5.95 Å². The van der Waals surface area contributed by atoms with Crippen molar-refractivity contribution in [3.8, 4) is 5.69 Å². The van der Waals surface area contributed by atoms with Crippen molar-refractivity contribution in [2.24, 2.45) is 0 Å². The van der Waals surface area contributed by atoms with Crippen LogP contribution >= 0.6 is 15.9 Å². The van der Waals surface area contributed by atoms with E-state index in [1.165, 1.54) is 11.3 Å². The quantitative estimate of drug-likeness (QED) is 0.389. The van der Waals surface area contributed by atoms with Crippen molar-refractivity contribution in [3.05, 3.63) is 64.8 Å². The van der Waals surface area contributed by atoms with Gasteiger partial charge in [-0.25, -0.2) is 10.3 Å². The molecule has 5 rings (SSSR count). The van der Waals surface area contributed by atoms with Crippen molar-refractivity contribution in [2.45, 2.75) is 0 Å². The minimum absolute atomic E-state index is 0.616. The molecule has 4 N–H and O–H groups in total.